The van der Waals surface area contributed by atoms with Gasteiger partial charge in [0.2, 0.25) is 0 Å². The van der Waals surface area contributed by atoms with Crippen molar-refractivity contribution in [1.82, 2.24) is 9.80 Å². The second-order valence-corrected chi connectivity index (χ2v) is 6.49. The molecule has 1 N–H and O–H groups in total. The Balaban J connectivity index is 2.37. The predicted molar refractivity (Wildman–Crippen MR) is 107 cm³/mol. The van der Waals surface area contributed by atoms with Crippen LogP contribution in [0.5, 0.6) is 5.75 Å². The summed E-state index contributed by atoms with van der Waals surface area (Å²) in [5, 5.41) is 9.83. The summed E-state index contributed by atoms with van der Waals surface area (Å²) < 4.78 is 0. The molecule has 26 heavy (non-hydrogen) atoms. The summed E-state index contributed by atoms with van der Waals surface area (Å²) in [6, 6.07) is 15.0. The van der Waals surface area contributed by atoms with E-state index in [4.69, 9.17) is 0 Å². The summed E-state index contributed by atoms with van der Waals surface area (Å²) in [4.78, 5) is 16.4. The molecule has 0 saturated carbocycles. The third-order valence-corrected chi connectivity index (χ3v) is 4.31. The molecular formula is C22H28N2O2. The van der Waals surface area contributed by atoms with E-state index in [2.05, 4.69) is 11.0 Å². The molecule has 0 aliphatic heterocycles. The van der Waals surface area contributed by atoms with E-state index in [1.807, 2.05) is 69.2 Å². The van der Waals surface area contributed by atoms with E-state index in [-0.39, 0.29) is 11.7 Å². The van der Waals surface area contributed by atoms with Crippen LogP contribution in [-0.4, -0.2) is 54.5 Å². The van der Waals surface area contributed by atoms with Gasteiger partial charge in [0.25, 0.3) is 5.91 Å². The number of hydrogen-bond donors (Lipinski definition) is 1. The standard InChI is InChI=1S/C22H28N2O2/c1-5-24(6-2)22(26)18-12-10-17(11-13-18)21(14-15-23(3)4)19-8-7-9-20(25)16-19/h7-14,16,25H,5-6,15H2,1-4H3/b21-14+. The molecule has 2 aromatic rings. The van der Waals surface area contributed by atoms with Crippen LogP contribution in [0.1, 0.15) is 35.3 Å². The second-order valence-electron chi connectivity index (χ2n) is 6.49. The quantitative estimate of drug-likeness (QED) is 0.823. The van der Waals surface area contributed by atoms with Gasteiger partial charge in [0.05, 0.1) is 0 Å². The number of benzene rings is 2. The van der Waals surface area contributed by atoms with Crippen molar-refractivity contribution in [3.8, 4) is 5.75 Å². The van der Waals surface area contributed by atoms with E-state index in [0.717, 1.165) is 23.2 Å². The molecule has 2 rings (SSSR count). The Kier molecular flexibility index (Phi) is 6.98. The van der Waals surface area contributed by atoms with Crippen molar-refractivity contribution >= 4 is 11.5 Å². The highest BCUT2D eigenvalue weighted by Gasteiger charge is 2.13. The second kappa shape index (κ2) is 9.20. The number of carbonyl (C=O) groups excluding carboxylic acids is 1. The Morgan fingerprint density at radius 1 is 0.962 bits per heavy atom. The van der Waals surface area contributed by atoms with Crippen LogP contribution in [-0.2, 0) is 0 Å². The van der Waals surface area contributed by atoms with Crippen LogP contribution in [0.3, 0.4) is 0 Å². The molecule has 0 atom stereocenters. The summed E-state index contributed by atoms with van der Waals surface area (Å²) in [5.74, 6) is 0.296. The number of carbonyl (C=O) groups is 1. The predicted octanol–water partition coefficient (Wildman–Crippen LogP) is 3.87. The summed E-state index contributed by atoms with van der Waals surface area (Å²) in [5.41, 5.74) is 3.71. The van der Waals surface area contributed by atoms with Gasteiger partial charge in [-0.3, -0.25) is 4.79 Å². The first-order chi connectivity index (χ1) is 12.5. The van der Waals surface area contributed by atoms with Gasteiger partial charge in [-0.05, 0) is 68.9 Å². The number of likely N-dealkylation sites (N-methyl/N-ethyl adjacent to an activating group) is 1. The lowest BCUT2D eigenvalue weighted by atomic mass is 9.96. The molecule has 2 aromatic carbocycles. The van der Waals surface area contributed by atoms with Gasteiger partial charge >= 0.3 is 0 Å². The SMILES string of the molecule is CCN(CC)C(=O)c1ccc(/C(=C\CN(C)C)c2cccc(O)c2)cc1. The molecule has 0 heterocycles. The van der Waals surface area contributed by atoms with E-state index < -0.39 is 0 Å². The van der Waals surface area contributed by atoms with Crippen molar-refractivity contribution in [3.63, 3.8) is 0 Å². The van der Waals surface area contributed by atoms with E-state index >= 15 is 0 Å². The molecule has 0 saturated heterocycles. The Hall–Kier alpha value is -2.59. The minimum Gasteiger partial charge on any atom is -0.508 e. The summed E-state index contributed by atoms with van der Waals surface area (Å²) >= 11 is 0. The van der Waals surface area contributed by atoms with Gasteiger partial charge in [0.15, 0.2) is 0 Å². The normalized spacial score (nSPS) is 11.7. The van der Waals surface area contributed by atoms with Gasteiger partial charge in [-0.1, -0.05) is 30.3 Å². The largest absolute Gasteiger partial charge is 0.508 e. The monoisotopic (exact) mass is 352 g/mol. The molecule has 1 amide bonds. The minimum atomic E-state index is 0.0535. The van der Waals surface area contributed by atoms with Gasteiger partial charge in [-0.25, -0.2) is 0 Å². The van der Waals surface area contributed by atoms with Crippen molar-refractivity contribution in [1.29, 1.82) is 0 Å². The lowest BCUT2D eigenvalue weighted by Crippen LogP contribution is -2.30. The fourth-order valence-corrected chi connectivity index (χ4v) is 2.84. The van der Waals surface area contributed by atoms with E-state index in [0.29, 0.717) is 18.7 Å². The summed E-state index contributed by atoms with van der Waals surface area (Å²) in [6.07, 6.45) is 2.13. The molecule has 0 aliphatic rings. The lowest BCUT2D eigenvalue weighted by Gasteiger charge is -2.19. The number of phenols is 1. The number of rotatable bonds is 7. The Morgan fingerprint density at radius 2 is 1.58 bits per heavy atom. The average molecular weight is 352 g/mol. The molecule has 4 nitrogen and oxygen atoms in total. The maximum absolute atomic E-state index is 12.5. The van der Waals surface area contributed by atoms with E-state index in [1.165, 1.54) is 0 Å². The number of hydrogen-bond acceptors (Lipinski definition) is 3. The molecular weight excluding hydrogens is 324 g/mol. The minimum absolute atomic E-state index is 0.0535. The number of aromatic hydroxyl groups is 1. The Bertz CT molecular complexity index is 760. The lowest BCUT2D eigenvalue weighted by molar-refractivity contribution is 0.0773. The van der Waals surface area contributed by atoms with Crippen LogP contribution >= 0.6 is 0 Å². The maximum Gasteiger partial charge on any atom is 0.253 e. The molecule has 0 bridgehead atoms. The van der Waals surface area contributed by atoms with Crippen LogP contribution in [0, 0.1) is 0 Å². The highest BCUT2D eigenvalue weighted by molar-refractivity contribution is 5.94. The summed E-state index contributed by atoms with van der Waals surface area (Å²) in [7, 11) is 4.03. The van der Waals surface area contributed by atoms with Crippen LogP contribution < -0.4 is 0 Å². The average Bonchev–Trinajstić information content (AvgIpc) is 2.63. The van der Waals surface area contributed by atoms with Crippen LogP contribution in [0.25, 0.3) is 5.57 Å². The van der Waals surface area contributed by atoms with Crippen molar-refractivity contribution in [2.45, 2.75) is 13.8 Å². The van der Waals surface area contributed by atoms with Crippen molar-refractivity contribution in [2.75, 3.05) is 33.7 Å². The topological polar surface area (TPSA) is 43.8 Å². The number of phenolic OH excluding ortho intramolecular Hbond substituents is 1. The third kappa shape index (κ3) is 4.96. The highest BCUT2D eigenvalue weighted by Crippen LogP contribution is 2.26. The number of amides is 1. The molecule has 138 valence electrons. The zero-order valence-corrected chi connectivity index (χ0v) is 16.1. The molecule has 4 heteroatoms. The van der Waals surface area contributed by atoms with Gasteiger partial charge in [0.1, 0.15) is 5.75 Å². The maximum atomic E-state index is 12.5. The van der Waals surface area contributed by atoms with Gasteiger partial charge in [-0.15, -0.1) is 0 Å². The van der Waals surface area contributed by atoms with Crippen molar-refractivity contribution in [2.24, 2.45) is 0 Å². The zero-order valence-electron chi connectivity index (χ0n) is 16.1. The highest BCUT2D eigenvalue weighted by atomic mass is 16.3. The first kappa shape index (κ1) is 19.7. The van der Waals surface area contributed by atoms with Gasteiger partial charge in [0, 0.05) is 25.2 Å². The molecule has 0 aliphatic carbocycles. The van der Waals surface area contributed by atoms with Gasteiger partial charge < -0.3 is 14.9 Å². The smallest absolute Gasteiger partial charge is 0.253 e. The van der Waals surface area contributed by atoms with Crippen molar-refractivity contribution < 1.29 is 9.90 Å². The summed E-state index contributed by atoms with van der Waals surface area (Å²) in [6.45, 7) is 6.16. The first-order valence-electron chi connectivity index (χ1n) is 9.00. The molecule has 0 spiro atoms. The van der Waals surface area contributed by atoms with Crippen LogP contribution in [0.15, 0.2) is 54.6 Å². The zero-order chi connectivity index (χ0) is 19.1. The molecule has 0 fully saturated rings. The first-order valence-corrected chi connectivity index (χ1v) is 9.00. The fourth-order valence-electron chi connectivity index (χ4n) is 2.84. The Labute approximate surface area is 156 Å². The third-order valence-electron chi connectivity index (χ3n) is 4.31. The van der Waals surface area contributed by atoms with Crippen LogP contribution in [0.2, 0.25) is 0 Å². The van der Waals surface area contributed by atoms with E-state index in [1.54, 1.807) is 12.1 Å². The van der Waals surface area contributed by atoms with Crippen molar-refractivity contribution in [3.05, 3.63) is 71.3 Å². The molecule has 0 radical (unpaired) electrons. The van der Waals surface area contributed by atoms with Gasteiger partial charge in [-0.2, -0.15) is 0 Å². The number of nitrogens with zero attached hydrogens (tertiary/aromatic N) is 2. The molecule has 0 unspecified atom stereocenters. The Morgan fingerprint density at radius 3 is 2.12 bits per heavy atom. The molecule has 0 aromatic heterocycles. The fraction of sp³-hybridized carbons (Fsp3) is 0.318. The van der Waals surface area contributed by atoms with E-state index in [9.17, 15) is 9.90 Å². The van der Waals surface area contributed by atoms with Crippen LogP contribution in [0.4, 0.5) is 0 Å².